The van der Waals surface area contributed by atoms with Crippen LogP contribution in [0, 0.1) is 0 Å². The quantitative estimate of drug-likeness (QED) is 0.751. The van der Waals surface area contributed by atoms with Gasteiger partial charge in [0.25, 0.3) is 0 Å². The number of aryl methyl sites for hydroxylation is 3. The molecule has 0 bridgehead atoms. The number of hydrogen-bond donors (Lipinski definition) is 1. The fraction of sp³-hybridized carbons (Fsp3) is 0.500. The van der Waals surface area contributed by atoms with E-state index in [2.05, 4.69) is 34.1 Å². The summed E-state index contributed by atoms with van der Waals surface area (Å²) in [6.07, 6.45) is 2.55. The average molecular weight is 274 g/mol. The monoisotopic (exact) mass is 274 g/mol. The number of nitrogens with two attached hydrogens (primary N) is 1. The van der Waals surface area contributed by atoms with Gasteiger partial charge in [0, 0.05) is 13.6 Å². The van der Waals surface area contributed by atoms with Crippen LogP contribution in [-0.2, 0) is 26.6 Å². The van der Waals surface area contributed by atoms with Crippen LogP contribution in [0.25, 0.3) is 11.2 Å². The summed E-state index contributed by atoms with van der Waals surface area (Å²) in [5, 5.41) is 12.6. The van der Waals surface area contributed by atoms with Crippen molar-refractivity contribution in [2.75, 3.05) is 5.73 Å². The lowest BCUT2D eigenvalue weighted by Gasteiger charge is -2.07. The van der Waals surface area contributed by atoms with Gasteiger partial charge in [-0.15, -0.1) is 10.2 Å². The zero-order valence-corrected chi connectivity index (χ0v) is 11.9. The Kier molecular flexibility index (Phi) is 2.92. The molecule has 3 aromatic rings. The molecule has 0 aliphatic rings. The van der Waals surface area contributed by atoms with E-state index in [1.54, 1.807) is 6.33 Å². The molecule has 0 radical (unpaired) electrons. The zero-order valence-electron chi connectivity index (χ0n) is 11.9. The molecule has 0 saturated heterocycles. The SMILES string of the molecule is CCc1nn(C)c2c1nc(N)n2Cc1nncn1CC. The summed E-state index contributed by atoms with van der Waals surface area (Å²) >= 11 is 0. The summed E-state index contributed by atoms with van der Waals surface area (Å²) in [6.45, 7) is 5.48. The number of rotatable bonds is 4. The number of anilines is 1. The van der Waals surface area contributed by atoms with Crippen molar-refractivity contribution < 1.29 is 0 Å². The molecule has 0 aliphatic carbocycles. The molecule has 0 atom stereocenters. The van der Waals surface area contributed by atoms with Crippen molar-refractivity contribution in [2.45, 2.75) is 33.4 Å². The highest BCUT2D eigenvalue weighted by Crippen LogP contribution is 2.22. The van der Waals surface area contributed by atoms with Crippen LogP contribution in [0.3, 0.4) is 0 Å². The molecule has 0 saturated carbocycles. The van der Waals surface area contributed by atoms with E-state index in [0.717, 1.165) is 35.6 Å². The third kappa shape index (κ3) is 1.75. The Labute approximate surface area is 116 Å². The van der Waals surface area contributed by atoms with Gasteiger partial charge in [-0.05, 0) is 13.3 Å². The molecule has 3 aromatic heterocycles. The Balaban J connectivity index is 2.12. The van der Waals surface area contributed by atoms with Crippen molar-refractivity contribution in [1.29, 1.82) is 0 Å². The molecular formula is C12H18N8. The Morgan fingerprint density at radius 2 is 2.10 bits per heavy atom. The van der Waals surface area contributed by atoms with E-state index in [1.165, 1.54) is 0 Å². The van der Waals surface area contributed by atoms with E-state index in [0.29, 0.717) is 12.5 Å². The Bertz CT molecular complexity index is 747. The lowest BCUT2D eigenvalue weighted by atomic mass is 10.3. The molecule has 0 fully saturated rings. The first kappa shape index (κ1) is 12.6. The van der Waals surface area contributed by atoms with Crippen LogP contribution in [-0.4, -0.2) is 34.1 Å². The van der Waals surface area contributed by atoms with Gasteiger partial charge in [0.15, 0.2) is 11.5 Å². The maximum Gasteiger partial charge on any atom is 0.202 e. The van der Waals surface area contributed by atoms with E-state index < -0.39 is 0 Å². The molecule has 3 rings (SSSR count). The summed E-state index contributed by atoms with van der Waals surface area (Å²) in [7, 11) is 1.91. The topological polar surface area (TPSA) is 92.4 Å². The molecule has 8 heteroatoms. The molecule has 2 N–H and O–H groups in total. The van der Waals surface area contributed by atoms with Gasteiger partial charge in [0.2, 0.25) is 5.95 Å². The van der Waals surface area contributed by atoms with Crippen molar-refractivity contribution in [2.24, 2.45) is 7.05 Å². The van der Waals surface area contributed by atoms with Crippen LogP contribution in [0.1, 0.15) is 25.4 Å². The largest absolute Gasteiger partial charge is 0.369 e. The second kappa shape index (κ2) is 4.62. The molecule has 0 spiro atoms. The lowest BCUT2D eigenvalue weighted by Crippen LogP contribution is -2.12. The standard InChI is InChI=1S/C12H18N8/c1-4-8-10-11(18(3)17-8)20(12(13)15-10)6-9-16-14-7-19(9)5-2/h7H,4-6H2,1-3H3,(H2,13,15). The summed E-state index contributed by atoms with van der Waals surface area (Å²) in [6, 6.07) is 0. The smallest absolute Gasteiger partial charge is 0.202 e. The highest BCUT2D eigenvalue weighted by molar-refractivity contribution is 5.77. The van der Waals surface area contributed by atoms with E-state index in [4.69, 9.17) is 5.73 Å². The van der Waals surface area contributed by atoms with E-state index in [-0.39, 0.29) is 0 Å². The molecule has 106 valence electrons. The molecule has 0 unspecified atom stereocenters. The number of imidazole rings is 1. The fourth-order valence-corrected chi connectivity index (χ4v) is 2.46. The lowest BCUT2D eigenvalue weighted by molar-refractivity contribution is 0.647. The number of hydrogen-bond acceptors (Lipinski definition) is 5. The number of nitrogens with zero attached hydrogens (tertiary/aromatic N) is 7. The Hall–Kier alpha value is -2.38. The number of fused-ring (bicyclic) bond motifs is 1. The van der Waals surface area contributed by atoms with Gasteiger partial charge < -0.3 is 10.3 Å². The second-order valence-electron chi connectivity index (χ2n) is 4.69. The normalized spacial score (nSPS) is 11.6. The second-order valence-corrected chi connectivity index (χ2v) is 4.69. The Morgan fingerprint density at radius 3 is 2.80 bits per heavy atom. The van der Waals surface area contributed by atoms with Gasteiger partial charge >= 0.3 is 0 Å². The molecule has 3 heterocycles. The van der Waals surface area contributed by atoms with Gasteiger partial charge in [-0.25, -0.2) is 4.98 Å². The van der Waals surface area contributed by atoms with Gasteiger partial charge in [0.1, 0.15) is 11.8 Å². The van der Waals surface area contributed by atoms with Gasteiger partial charge in [-0.2, -0.15) is 5.10 Å². The third-order valence-corrected chi connectivity index (χ3v) is 3.49. The first-order valence-corrected chi connectivity index (χ1v) is 6.69. The molecule has 0 amide bonds. The van der Waals surface area contributed by atoms with Crippen molar-refractivity contribution >= 4 is 17.1 Å². The average Bonchev–Trinajstić information content (AvgIpc) is 3.08. The van der Waals surface area contributed by atoms with Crippen LogP contribution in [0.4, 0.5) is 5.95 Å². The van der Waals surface area contributed by atoms with Crippen LogP contribution >= 0.6 is 0 Å². The maximum atomic E-state index is 6.05. The van der Waals surface area contributed by atoms with E-state index in [1.807, 2.05) is 20.9 Å². The predicted molar refractivity (Wildman–Crippen MR) is 75.1 cm³/mol. The summed E-state index contributed by atoms with van der Waals surface area (Å²) in [4.78, 5) is 4.44. The maximum absolute atomic E-state index is 6.05. The van der Waals surface area contributed by atoms with Gasteiger partial charge in [-0.1, -0.05) is 6.92 Å². The predicted octanol–water partition coefficient (Wildman–Crippen LogP) is 0.574. The zero-order chi connectivity index (χ0) is 14.3. The van der Waals surface area contributed by atoms with E-state index in [9.17, 15) is 0 Å². The van der Waals surface area contributed by atoms with Gasteiger partial charge in [0.05, 0.1) is 12.2 Å². The minimum atomic E-state index is 0.480. The van der Waals surface area contributed by atoms with Crippen LogP contribution in [0.15, 0.2) is 6.33 Å². The van der Waals surface area contributed by atoms with Crippen molar-refractivity contribution in [3.63, 3.8) is 0 Å². The first-order chi connectivity index (χ1) is 9.65. The minimum absolute atomic E-state index is 0.480. The summed E-state index contributed by atoms with van der Waals surface area (Å²) < 4.78 is 5.74. The first-order valence-electron chi connectivity index (χ1n) is 6.69. The molecule has 0 aliphatic heterocycles. The summed E-state index contributed by atoms with van der Waals surface area (Å²) in [5.41, 5.74) is 8.81. The van der Waals surface area contributed by atoms with E-state index >= 15 is 0 Å². The molecule has 8 nitrogen and oxygen atoms in total. The fourth-order valence-electron chi connectivity index (χ4n) is 2.46. The number of aromatic nitrogens is 7. The van der Waals surface area contributed by atoms with Crippen LogP contribution in [0.2, 0.25) is 0 Å². The third-order valence-electron chi connectivity index (χ3n) is 3.49. The molecule has 0 aromatic carbocycles. The number of nitrogen functional groups attached to an aromatic ring is 1. The minimum Gasteiger partial charge on any atom is -0.369 e. The van der Waals surface area contributed by atoms with Crippen LogP contribution in [0.5, 0.6) is 0 Å². The molecule has 20 heavy (non-hydrogen) atoms. The van der Waals surface area contributed by atoms with Crippen molar-refractivity contribution in [1.82, 2.24) is 34.1 Å². The molecular weight excluding hydrogens is 256 g/mol. The highest BCUT2D eigenvalue weighted by atomic mass is 15.4. The van der Waals surface area contributed by atoms with Crippen molar-refractivity contribution in [3.8, 4) is 0 Å². The van der Waals surface area contributed by atoms with Crippen molar-refractivity contribution in [3.05, 3.63) is 17.8 Å². The summed E-state index contributed by atoms with van der Waals surface area (Å²) in [5.74, 6) is 1.34. The highest BCUT2D eigenvalue weighted by Gasteiger charge is 2.18. The van der Waals surface area contributed by atoms with Crippen LogP contribution < -0.4 is 5.73 Å². The Morgan fingerprint density at radius 1 is 1.30 bits per heavy atom. The van der Waals surface area contributed by atoms with Gasteiger partial charge in [-0.3, -0.25) is 9.25 Å².